The molecule has 1 aliphatic carbocycles. The molecule has 0 spiro atoms. The molecule has 7 nitrogen and oxygen atoms in total. The third kappa shape index (κ3) is 2.93. The van der Waals surface area contributed by atoms with Gasteiger partial charge in [0.05, 0.1) is 10.8 Å². The highest BCUT2D eigenvalue weighted by molar-refractivity contribution is 5.98. The first-order chi connectivity index (χ1) is 9.49. The number of nitrogens with one attached hydrogen (secondary N) is 1. The average molecular weight is 278 g/mol. The zero-order chi connectivity index (χ0) is 14.7. The monoisotopic (exact) mass is 278 g/mol. The van der Waals surface area contributed by atoms with Crippen molar-refractivity contribution >= 4 is 17.6 Å². The van der Waals surface area contributed by atoms with Gasteiger partial charge in [-0.05, 0) is 25.3 Å². The van der Waals surface area contributed by atoms with E-state index in [0.717, 1.165) is 0 Å². The number of rotatable bonds is 4. The Morgan fingerprint density at radius 1 is 1.30 bits per heavy atom. The molecule has 0 bridgehead atoms. The van der Waals surface area contributed by atoms with Crippen LogP contribution in [-0.2, 0) is 4.79 Å². The molecule has 2 rings (SSSR count). The molecule has 7 heteroatoms. The number of benzene rings is 1. The molecular weight excluding hydrogens is 264 g/mol. The fourth-order valence-electron chi connectivity index (χ4n) is 2.42. The summed E-state index contributed by atoms with van der Waals surface area (Å²) in [5, 5.41) is 22.4. The number of para-hydroxylation sites is 1. The Morgan fingerprint density at radius 2 is 2.00 bits per heavy atom. The number of nitro benzene ring substituents is 1. The average Bonchev–Trinajstić information content (AvgIpc) is 2.87. The maximum absolute atomic E-state index is 12.0. The second-order valence-corrected chi connectivity index (χ2v) is 4.79. The lowest BCUT2D eigenvalue weighted by atomic mass is 10.1. The zero-order valence-electron chi connectivity index (χ0n) is 10.6. The van der Waals surface area contributed by atoms with Crippen molar-refractivity contribution in [2.45, 2.75) is 25.3 Å². The van der Waals surface area contributed by atoms with Gasteiger partial charge in [-0.1, -0.05) is 12.1 Å². The molecule has 2 N–H and O–H groups in total. The third-order valence-corrected chi connectivity index (χ3v) is 3.46. The van der Waals surface area contributed by atoms with Crippen LogP contribution in [-0.4, -0.2) is 27.9 Å². The molecule has 0 aliphatic heterocycles. The predicted molar refractivity (Wildman–Crippen MR) is 69.3 cm³/mol. The number of nitro groups is 1. The van der Waals surface area contributed by atoms with Gasteiger partial charge >= 0.3 is 5.97 Å². The van der Waals surface area contributed by atoms with Crippen LogP contribution in [0.4, 0.5) is 5.69 Å². The van der Waals surface area contributed by atoms with Crippen LogP contribution in [0.3, 0.4) is 0 Å². The fraction of sp³-hybridized carbons (Fsp3) is 0.385. The number of aliphatic carboxylic acids is 1. The number of hydrogen-bond donors (Lipinski definition) is 2. The summed E-state index contributed by atoms with van der Waals surface area (Å²) in [6.45, 7) is 0. The number of amides is 1. The van der Waals surface area contributed by atoms with E-state index in [2.05, 4.69) is 5.32 Å². The van der Waals surface area contributed by atoms with Crippen molar-refractivity contribution in [2.75, 3.05) is 0 Å². The number of carboxylic acid groups (broad SMARTS) is 1. The van der Waals surface area contributed by atoms with Crippen LogP contribution in [0.2, 0.25) is 0 Å². The summed E-state index contributed by atoms with van der Waals surface area (Å²) in [5.74, 6) is -1.85. The number of nitrogens with zero attached hydrogens (tertiary/aromatic N) is 1. The van der Waals surface area contributed by atoms with Crippen LogP contribution in [0.15, 0.2) is 24.3 Å². The summed E-state index contributed by atoms with van der Waals surface area (Å²) in [7, 11) is 0. The summed E-state index contributed by atoms with van der Waals surface area (Å²) in [6, 6.07) is 5.45. The highest BCUT2D eigenvalue weighted by atomic mass is 16.6. The van der Waals surface area contributed by atoms with Gasteiger partial charge in [-0.2, -0.15) is 0 Å². The second kappa shape index (κ2) is 5.68. The van der Waals surface area contributed by atoms with Gasteiger partial charge in [0.1, 0.15) is 5.56 Å². The summed E-state index contributed by atoms with van der Waals surface area (Å²) >= 11 is 0. The quantitative estimate of drug-likeness (QED) is 0.641. The van der Waals surface area contributed by atoms with E-state index in [-0.39, 0.29) is 17.3 Å². The van der Waals surface area contributed by atoms with Gasteiger partial charge in [-0.3, -0.25) is 19.7 Å². The Bertz CT molecular complexity index is 557. The summed E-state index contributed by atoms with van der Waals surface area (Å²) in [5.41, 5.74) is -0.256. The first-order valence-corrected chi connectivity index (χ1v) is 6.26. The van der Waals surface area contributed by atoms with Crippen molar-refractivity contribution in [3.63, 3.8) is 0 Å². The van der Waals surface area contributed by atoms with Crippen molar-refractivity contribution in [3.8, 4) is 0 Å². The van der Waals surface area contributed by atoms with Crippen LogP contribution >= 0.6 is 0 Å². The molecule has 20 heavy (non-hydrogen) atoms. The third-order valence-electron chi connectivity index (χ3n) is 3.46. The highest BCUT2D eigenvalue weighted by Gasteiger charge is 2.31. The molecule has 0 radical (unpaired) electrons. The lowest BCUT2D eigenvalue weighted by molar-refractivity contribution is -0.385. The number of hydrogen-bond acceptors (Lipinski definition) is 4. The standard InChI is InChI=1S/C13H14N2O5/c16-12(10-3-1-2-4-11(10)15(19)20)14-9-6-5-8(7-9)13(17)18/h1-4,8-9H,5-7H2,(H,14,16)(H,17,18)/t8-,9+/m1/s1. The first-order valence-electron chi connectivity index (χ1n) is 6.26. The van der Waals surface area contributed by atoms with Crippen LogP contribution in [0.1, 0.15) is 29.6 Å². The molecule has 0 unspecified atom stereocenters. The molecule has 0 saturated heterocycles. The topological polar surface area (TPSA) is 110 Å². The molecule has 1 fully saturated rings. The van der Waals surface area contributed by atoms with Crippen LogP contribution < -0.4 is 5.32 Å². The Morgan fingerprint density at radius 3 is 2.60 bits per heavy atom. The summed E-state index contributed by atoms with van der Waals surface area (Å²) < 4.78 is 0. The minimum atomic E-state index is -0.868. The van der Waals surface area contributed by atoms with E-state index in [1.54, 1.807) is 6.07 Å². The van der Waals surface area contributed by atoms with Crippen molar-refractivity contribution in [1.82, 2.24) is 5.32 Å². The van der Waals surface area contributed by atoms with Gasteiger partial charge in [0.15, 0.2) is 0 Å². The van der Waals surface area contributed by atoms with Gasteiger partial charge in [-0.15, -0.1) is 0 Å². The Hall–Kier alpha value is -2.44. The summed E-state index contributed by atoms with van der Waals surface area (Å²) in [6.07, 6.45) is 1.45. The highest BCUT2D eigenvalue weighted by Crippen LogP contribution is 2.26. The van der Waals surface area contributed by atoms with Gasteiger partial charge in [0, 0.05) is 12.1 Å². The first kappa shape index (κ1) is 14.0. The number of carboxylic acids is 1. The Labute approximate surface area is 114 Å². The molecule has 1 amide bonds. The van der Waals surface area contributed by atoms with E-state index in [9.17, 15) is 19.7 Å². The fourth-order valence-corrected chi connectivity index (χ4v) is 2.42. The van der Waals surface area contributed by atoms with Crippen molar-refractivity contribution in [3.05, 3.63) is 39.9 Å². The molecule has 106 valence electrons. The van der Waals surface area contributed by atoms with E-state index in [4.69, 9.17) is 5.11 Å². The van der Waals surface area contributed by atoms with Gasteiger partial charge in [0.2, 0.25) is 0 Å². The minimum Gasteiger partial charge on any atom is -0.481 e. The molecule has 1 aromatic rings. The van der Waals surface area contributed by atoms with Gasteiger partial charge < -0.3 is 10.4 Å². The van der Waals surface area contributed by atoms with Gasteiger partial charge in [-0.25, -0.2) is 0 Å². The smallest absolute Gasteiger partial charge is 0.306 e. The minimum absolute atomic E-state index is 0.00345. The van der Waals surface area contributed by atoms with E-state index >= 15 is 0 Å². The lowest BCUT2D eigenvalue weighted by Crippen LogP contribution is -2.33. The zero-order valence-corrected chi connectivity index (χ0v) is 10.6. The van der Waals surface area contributed by atoms with Crippen LogP contribution in [0.5, 0.6) is 0 Å². The summed E-state index contributed by atoms with van der Waals surface area (Å²) in [4.78, 5) is 33.1. The maximum atomic E-state index is 12.0. The van der Waals surface area contributed by atoms with Crippen molar-refractivity contribution < 1.29 is 19.6 Å². The molecule has 0 aromatic heterocycles. The Balaban J connectivity index is 2.06. The predicted octanol–water partition coefficient (Wildman–Crippen LogP) is 1.58. The molecule has 1 saturated carbocycles. The van der Waals surface area contributed by atoms with Crippen LogP contribution in [0, 0.1) is 16.0 Å². The van der Waals surface area contributed by atoms with Crippen LogP contribution in [0.25, 0.3) is 0 Å². The number of carbonyl (C=O) groups is 2. The number of carbonyl (C=O) groups excluding carboxylic acids is 1. The normalized spacial score (nSPS) is 21.4. The van der Waals surface area contributed by atoms with Crippen molar-refractivity contribution in [1.29, 1.82) is 0 Å². The molecule has 0 heterocycles. The Kier molecular flexibility index (Phi) is 3.97. The molecular formula is C13H14N2O5. The molecule has 1 aromatic carbocycles. The van der Waals surface area contributed by atoms with E-state index in [1.165, 1.54) is 18.2 Å². The van der Waals surface area contributed by atoms with E-state index in [1.807, 2.05) is 0 Å². The maximum Gasteiger partial charge on any atom is 0.306 e. The second-order valence-electron chi connectivity index (χ2n) is 4.79. The molecule has 2 atom stereocenters. The lowest BCUT2D eigenvalue weighted by Gasteiger charge is -2.12. The van der Waals surface area contributed by atoms with E-state index < -0.39 is 22.7 Å². The SMILES string of the molecule is O=C(N[C@H]1CC[C@@H](C(=O)O)C1)c1ccccc1[N+](=O)[O-]. The van der Waals surface area contributed by atoms with Gasteiger partial charge in [0.25, 0.3) is 11.6 Å². The largest absolute Gasteiger partial charge is 0.481 e. The van der Waals surface area contributed by atoms with E-state index in [0.29, 0.717) is 19.3 Å². The molecule has 1 aliphatic rings. The van der Waals surface area contributed by atoms with Crippen molar-refractivity contribution in [2.24, 2.45) is 5.92 Å².